The van der Waals surface area contributed by atoms with Gasteiger partial charge in [0, 0.05) is 59.9 Å². The van der Waals surface area contributed by atoms with Crippen molar-refractivity contribution < 1.29 is 141 Å². The summed E-state index contributed by atoms with van der Waals surface area (Å²) in [5.74, 6) is -6.39. The zero-order valence-corrected chi connectivity index (χ0v) is 51.5. The average Bonchev–Trinajstić information content (AvgIpc) is 1.45. The molecule has 0 spiro atoms. The van der Waals surface area contributed by atoms with Crippen molar-refractivity contribution in [1.29, 1.82) is 0 Å². The summed E-state index contributed by atoms with van der Waals surface area (Å²) < 4.78 is 72.0. The molecule has 39 heteroatoms. The molecule has 3 saturated heterocycles. The number of carbonyl (C=O) groups is 8. The first-order chi connectivity index (χ1) is 42.2. The van der Waals surface area contributed by atoms with Crippen LogP contribution in [-0.2, 0) is 94.8 Å². The van der Waals surface area contributed by atoms with Gasteiger partial charge in [-0.2, -0.15) is 0 Å². The SMILES string of the molecule is CC(=O)NC1C(OCCOCCNC(=O)CCC(NC(=O)C(NC(=O)CCOCCOP(C)(=O)S)C(=O)NCCOCCOC2OC(CO)C(O)C(O)C2NC(C)=O)C(=O)NCCOCCOC2OC(CO)C(O)C(O)C2NC(C)=O)OC(CO)C(O)C1O. The Balaban J connectivity index is 1.67. The van der Waals surface area contributed by atoms with Gasteiger partial charge in [0.2, 0.25) is 35.4 Å². The van der Waals surface area contributed by atoms with Gasteiger partial charge in [-0.1, -0.05) is 12.2 Å². The minimum atomic E-state index is -3.13. The smallest absolute Gasteiger partial charge is 0.253 e. The zero-order chi connectivity index (χ0) is 66.2. The lowest BCUT2D eigenvalue weighted by molar-refractivity contribution is -0.272. The number of ether oxygens (including phenoxy) is 10. The topological polar surface area (TPSA) is 533 Å². The molecule has 0 radical (unpaired) electrons. The predicted octanol–water partition coefficient (Wildman–Crippen LogP) is -9.81. The Morgan fingerprint density at radius 2 is 0.831 bits per heavy atom. The summed E-state index contributed by atoms with van der Waals surface area (Å²) in [4.78, 5) is 103. The Morgan fingerprint density at radius 3 is 1.21 bits per heavy atom. The molecule has 0 aliphatic carbocycles. The Labute approximate surface area is 517 Å². The number of carbonyl (C=O) groups excluding carboxylic acids is 8. The van der Waals surface area contributed by atoms with E-state index in [-0.39, 0.29) is 98.9 Å². The molecule has 3 heterocycles. The van der Waals surface area contributed by atoms with E-state index in [9.17, 15) is 88.9 Å². The van der Waals surface area contributed by atoms with E-state index >= 15 is 0 Å². The fraction of sp³-hybridized carbons (Fsp3) is 0.840. The maximum Gasteiger partial charge on any atom is 0.253 e. The van der Waals surface area contributed by atoms with Crippen molar-refractivity contribution in [3.05, 3.63) is 0 Å². The van der Waals surface area contributed by atoms with Crippen LogP contribution in [0.2, 0.25) is 0 Å². The standard InChI is InChI=1S/C50H89N8O29PS/c1-26(62)54-35-42(70)39(67)30(23-59)85-48(35)81-19-15-78-12-8-51-33(65)6-5-29(45(73)52-9-13-79-16-20-82-49-36(55-27(2)63)43(71)40(68)31(24-60)86-49)57-47(75)38(58-34(66)7-11-77-18-22-84-88(4,76)89)46(74)53-10-14-80-17-21-83-50-37(56-28(3)64)44(72)41(69)32(25-61)87-50/h29-32,35-44,48-50,59-61,67-72H,5-25H2,1-4H3,(H,51,65)(H,52,73)(H,53,74)(H,54,62)(H,55,63)(H,56,64)(H,57,75)(H,58,66)(H,76,89). The Bertz CT molecular complexity index is 2240. The maximum absolute atomic E-state index is 14.1. The number of hydrogen-bond acceptors (Lipinski definition) is 29. The summed E-state index contributed by atoms with van der Waals surface area (Å²) in [5, 5.41) is 111. The minimum absolute atomic E-state index is 0.0785. The molecule has 3 rings (SSSR count). The highest BCUT2D eigenvalue weighted by atomic mass is 32.7. The van der Waals surface area contributed by atoms with E-state index in [1.165, 1.54) is 20.5 Å². The second-order valence-electron chi connectivity index (χ2n) is 20.3. The van der Waals surface area contributed by atoms with Gasteiger partial charge >= 0.3 is 0 Å². The van der Waals surface area contributed by atoms with Crippen molar-refractivity contribution in [2.75, 3.05) is 125 Å². The number of nitrogens with one attached hydrogen (secondary N) is 8. The molecule has 37 nitrogen and oxygen atoms in total. The molecule has 0 aromatic rings. The molecule has 0 bridgehead atoms. The third-order valence-corrected chi connectivity index (χ3v) is 14.1. The molecular weight excluding hydrogens is 1240 g/mol. The van der Waals surface area contributed by atoms with Gasteiger partial charge < -0.3 is 140 Å². The Kier molecular flexibility index (Phi) is 37.1. The quantitative estimate of drug-likeness (QED) is 0.0117. The molecular formula is C50H89N8O29PS. The minimum Gasteiger partial charge on any atom is -0.394 e. The summed E-state index contributed by atoms with van der Waals surface area (Å²) in [5.41, 5.74) is 0. The number of rotatable bonds is 42. The van der Waals surface area contributed by atoms with Crippen LogP contribution in [0.4, 0.5) is 0 Å². The van der Waals surface area contributed by atoms with Crippen LogP contribution < -0.4 is 42.5 Å². The van der Waals surface area contributed by atoms with Crippen LogP contribution in [-0.4, -0.2) is 323 Å². The van der Waals surface area contributed by atoms with Crippen molar-refractivity contribution in [2.45, 2.75) is 144 Å². The number of aliphatic hydroxyl groups is 9. The summed E-state index contributed by atoms with van der Waals surface area (Å²) in [7, 11) is 0. The number of thiol groups is 1. The van der Waals surface area contributed by atoms with E-state index in [0.29, 0.717) is 0 Å². The van der Waals surface area contributed by atoms with Crippen molar-refractivity contribution in [2.24, 2.45) is 0 Å². The van der Waals surface area contributed by atoms with Gasteiger partial charge in [-0.25, -0.2) is 0 Å². The van der Waals surface area contributed by atoms with Crippen LogP contribution in [0, 0.1) is 0 Å². The van der Waals surface area contributed by atoms with Crippen LogP contribution in [0.5, 0.6) is 0 Å². The van der Waals surface area contributed by atoms with Crippen LogP contribution >= 0.6 is 18.8 Å². The molecule has 18 unspecified atom stereocenters. The largest absolute Gasteiger partial charge is 0.394 e. The van der Waals surface area contributed by atoms with E-state index < -0.39 is 197 Å². The number of amides is 8. The molecule has 0 aromatic heterocycles. The highest BCUT2D eigenvalue weighted by molar-refractivity contribution is 8.46. The molecule has 17 N–H and O–H groups in total. The van der Waals surface area contributed by atoms with Gasteiger partial charge in [0.1, 0.15) is 79.1 Å². The van der Waals surface area contributed by atoms with E-state index in [1.807, 2.05) is 0 Å². The van der Waals surface area contributed by atoms with Crippen LogP contribution in [0.1, 0.15) is 40.0 Å². The molecule has 3 aliphatic heterocycles. The number of aliphatic hydroxyl groups excluding tert-OH is 9. The van der Waals surface area contributed by atoms with Gasteiger partial charge in [0.05, 0.1) is 99.1 Å². The van der Waals surface area contributed by atoms with Gasteiger partial charge in [0.25, 0.3) is 18.4 Å². The van der Waals surface area contributed by atoms with Crippen LogP contribution in [0.15, 0.2) is 0 Å². The monoisotopic (exact) mass is 1330 g/mol. The summed E-state index contributed by atoms with van der Waals surface area (Å²) in [6, 6.07) is -7.22. The van der Waals surface area contributed by atoms with Crippen molar-refractivity contribution in [3.63, 3.8) is 0 Å². The lowest BCUT2D eigenvalue weighted by atomic mass is 9.97. The van der Waals surface area contributed by atoms with Crippen LogP contribution in [0.25, 0.3) is 0 Å². The Morgan fingerprint density at radius 1 is 0.461 bits per heavy atom. The van der Waals surface area contributed by atoms with E-state index in [2.05, 4.69) is 54.8 Å². The average molecular weight is 1330 g/mol. The summed E-state index contributed by atoms with van der Waals surface area (Å²) in [6.07, 6.45) is -18.1. The third-order valence-electron chi connectivity index (χ3n) is 13.1. The molecule has 18 atom stereocenters. The van der Waals surface area contributed by atoms with Gasteiger partial charge in [-0.15, -0.1) is 0 Å². The fourth-order valence-electron chi connectivity index (χ4n) is 8.70. The lowest BCUT2D eigenvalue weighted by Gasteiger charge is -2.42. The van der Waals surface area contributed by atoms with E-state index in [1.54, 1.807) is 0 Å². The van der Waals surface area contributed by atoms with Gasteiger partial charge in [-0.3, -0.25) is 42.9 Å². The first-order valence-corrected chi connectivity index (χ1v) is 31.7. The summed E-state index contributed by atoms with van der Waals surface area (Å²) >= 11 is 3.82. The highest BCUT2D eigenvalue weighted by Gasteiger charge is 2.48. The molecule has 3 aliphatic rings. The second kappa shape index (κ2) is 41.9. The first-order valence-electron chi connectivity index (χ1n) is 28.4. The second-order valence-corrected chi connectivity index (χ2v) is 24.3. The van der Waals surface area contributed by atoms with Crippen LogP contribution in [0.3, 0.4) is 0 Å². The molecule has 3 fully saturated rings. The molecule has 514 valence electrons. The maximum atomic E-state index is 14.1. The molecule has 0 saturated carbocycles. The van der Waals surface area contributed by atoms with E-state index in [0.717, 1.165) is 6.92 Å². The normalized spacial score (nSPS) is 28.2. The Hall–Kier alpha value is -4.46. The first kappa shape index (κ1) is 78.8. The lowest BCUT2D eigenvalue weighted by Crippen LogP contribution is -2.64. The summed E-state index contributed by atoms with van der Waals surface area (Å²) in [6.45, 7) is -2.94. The van der Waals surface area contributed by atoms with Gasteiger partial charge in [0.15, 0.2) is 24.9 Å². The zero-order valence-electron chi connectivity index (χ0n) is 49.7. The third kappa shape index (κ3) is 28.9. The molecule has 8 amide bonds. The van der Waals surface area contributed by atoms with Gasteiger partial charge in [-0.05, 0) is 6.42 Å². The molecule has 89 heavy (non-hydrogen) atoms. The van der Waals surface area contributed by atoms with E-state index in [4.69, 9.17) is 51.9 Å². The highest BCUT2D eigenvalue weighted by Crippen LogP contribution is 2.47. The fourth-order valence-corrected chi connectivity index (χ4v) is 9.36. The number of hydrogen-bond donors (Lipinski definition) is 18. The van der Waals surface area contributed by atoms with Crippen molar-refractivity contribution in [1.82, 2.24) is 42.5 Å². The van der Waals surface area contributed by atoms with Crippen molar-refractivity contribution in [3.8, 4) is 0 Å². The predicted molar refractivity (Wildman–Crippen MR) is 302 cm³/mol. The molecule has 0 aromatic carbocycles. The van der Waals surface area contributed by atoms with Crippen molar-refractivity contribution >= 4 is 66.1 Å².